The average Bonchev–Trinajstić information content (AvgIpc) is 3.17. The van der Waals surface area contributed by atoms with Crippen LogP contribution in [0.3, 0.4) is 0 Å². The minimum Gasteiger partial charge on any atom is -0.336 e. The lowest BCUT2D eigenvalue weighted by Crippen LogP contribution is -2.29. The molecule has 2 heterocycles. The molecule has 5 nitrogen and oxygen atoms in total. The van der Waals surface area contributed by atoms with E-state index in [0.717, 1.165) is 42.9 Å². The van der Waals surface area contributed by atoms with E-state index < -0.39 is 0 Å². The van der Waals surface area contributed by atoms with Crippen LogP contribution in [0.25, 0.3) is 0 Å². The lowest BCUT2D eigenvalue weighted by atomic mass is 10.1. The van der Waals surface area contributed by atoms with E-state index in [1.807, 2.05) is 30.0 Å². The van der Waals surface area contributed by atoms with E-state index in [1.54, 1.807) is 6.33 Å². The lowest BCUT2D eigenvalue weighted by Gasteiger charge is -2.18. The summed E-state index contributed by atoms with van der Waals surface area (Å²) in [6.07, 6.45) is 3.61. The van der Waals surface area contributed by atoms with Crippen molar-refractivity contribution in [3.05, 3.63) is 47.0 Å². The van der Waals surface area contributed by atoms with Crippen molar-refractivity contribution in [1.82, 2.24) is 19.7 Å². The fraction of sp³-hybridized carbons (Fsp3) is 0.471. The number of carbonyl (C=O) groups is 1. The van der Waals surface area contributed by atoms with Crippen LogP contribution in [0.15, 0.2) is 24.5 Å². The normalized spacial score (nSPS) is 18.0. The molecular formula is C17H22N4O. The predicted molar refractivity (Wildman–Crippen MR) is 84.9 cm³/mol. The molecule has 22 heavy (non-hydrogen) atoms. The van der Waals surface area contributed by atoms with E-state index in [0.29, 0.717) is 6.04 Å². The Bertz CT molecular complexity index is 692. The Morgan fingerprint density at radius 1 is 1.32 bits per heavy atom. The molecule has 1 aliphatic rings. The van der Waals surface area contributed by atoms with E-state index >= 15 is 0 Å². The largest absolute Gasteiger partial charge is 0.336 e. The molecule has 0 bridgehead atoms. The monoisotopic (exact) mass is 298 g/mol. The summed E-state index contributed by atoms with van der Waals surface area (Å²) in [5, 5.41) is 8.13. The van der Waals surface area contributed by atoms with Crippen molar-refractivity contribution in [2.75, 3.05) is 13.1 Å². The highest BCUT2D eigenvalue weighted by atomic mass is 16.2. The third kappa shape index (κ3) is 2.63. The summed E-state index contributed by atoms with van der Waals surface area (Å²) in [7, 11) is 0. The Morgan fingerprint density at radius 2 is 2.14 bits per heavy atom. The molecule has 0 saturated carbocycles. The molecule has 1 atom stereocenters. The topological polar surface area (TPSA) is 51.0 Å². The van der Waals surface area contributed by atoms with Gasteiger partial charge < -0.3 is 9.47 Å². The van der Waals surface area contributed by atoms with Crippen LogP contribution in [0.4, 0.5) is 0 Å². The number of amides is 1. The van der Waals surface area contributed by atoms with Gasteiger partial charge in [0.1, 0.15) is 12.2 Å². The third-order valence-corrected chi connectivity index (χ3v) is 4.56. The highest BCUT2D eigenvalue weighted by molar-refractivity contribution is 5.94. The quantitative estimate of drug-likeness (QED) is 0.875. The van der Waals surface area contributed by atoms with E-state index in [2.05, 4.69) is 28.6 Å². The molecule has 0 radical (unpaired) electrons. The molecule has 0 aliphatic carbocycles. The molecule has 0 N–H and O–H groups in total. The second kappa shape index (κ2) is 5.91. The molecule has 1 fully saturated rings. The number of likely N-dealkylation sites (tertiary alicyclic amines) is 1. The van der Waals surface area contributed by atoms with Gasteiger partial charge >= 0.3 is 0 Å². The number of benzene rings is 1. The number of rotatable bonds is 3. The molecule has 1 unspecified atom stereocenters. The van der Waals surface area contributed by atoms with Crippen LogP contribution in [-0.4, -0.2) is 38.7 Å². The van der Waals surface area contributed by atoms with Crippen molar-refractivity contribution in [1.29, 1.82) is 0 Å². The van der Waals surface area contributed by atoms with Crippen LogP contribution in [0.1, 0.15) is 46.7 Å². The van der Waals surface area contributed by atoms with Crippen molar-refractivity contribution in [3.63, 3.8) is 0 Å². The highest BCUT2D eigenvalue weighted by Gasteiger charge is 2.29. The first-order chi connectivity index (χ1) is 10.6. The summed E-state index contributed by atoms with van der Waals surface area (Å²) in [5.41, 5.74) is 3.16. The van der Waals surface area contributed by atoms with Crippen molar-refractivity contribution in [2.24, 2.45) is 0 Å². The number of aryl methyl sites for hydroxylation is 3. The number of carbonyl (C=O) groups excluding carboxylic acids is 1. The van der Waals surface area contributed by atoms with Gasteiger partial charge in [-0.3, -0.25) is 4.79 Å². The van der Waals surface area contributed by atoms with Gasteiger partial charge in [0.2, 0.25) is 0 Å². The first kappa shape index (κ1) is 14.8. The predicted octanol–water partition coefficient (Wildman–Crippen LogP) is 2.54. The Balaban J connectivity index is 1.74. The van der Waals surface area contributed by atoms with Gasteiger partial charge in [-0.2, -0.15) is 0 Å². The van der Waals surface area contributed by atoms with E-state index in [-0.39, 0.29) is 5.91 Å². The first-order valence-electron chi connectivity index (χ1n) is 7.85. The smallest absolute Gasteiger partial charge is 0.253 e. The summed E-state index contributed by atoms with van der Waals surface area (Å²) >= 11 is 0. The molecule has 1 aromatic heterocycles. The van der Waals surface area contributed by atoms with Gasteiger partial charge in [-0.1, -0.05) is 13.0 Å². The molecule has 1 aliphatic heterocycles. The fourth-order valence-corrected chi connectivity index (χ4v) is 3.04. The van der Waals surface area contributed by atoms with Gasteiger partial charge in [0.05, 0.1) is 6.04 Å². The summed E-state index contributed by atoms with van der Waals surface area (Å²) in [5.74, 6) is 1.11. The second-order valence-electron chi connectivity index (χ2n) is 6.00. The van der Waals surface area contributed by atoms with Crippen LogP contribution in [-0.2, 0) is 6.42 Å². The molecule has 0 spiro atoms. The van der Waals surface area contributed by atoms with Crippen LogP contribution >= 0.6 is 0 Å². The number of aromatic nitrogens is 3. The molecule has 1 saturated heterocycles. The van der Waals surface area contributed by atoms with Gasteiger partial charge in [0, 0.05) is 25.1 Å². The SMILES string of the molecule is CCc1nncn1C1CCN(C(=O)c2ccc(C)c(C)c2)C1. The second-order valence-corrected chi connectivity index (χ2v) is 6.00. The maximum absolute atomic E-state index is 12.7. The van der Waals surface area contributed by atoms with Gasteiger partial charge in [0.25, 0.3) is 5.91 Å². The van der Waals surface area contributed by atoms with Gasteiger partial charge in [0.15, 0.2) is 0 Å². The van der Waals surface area contributed by atoms with Crippen LogP contribution in [0, 0.1) is 13.8 Å². The Hall–Kier alpha value is -2.17. The fourth-order valence-electron chi connectivity index (χ4n) is 3.04. The van der Waals surface area contributed by atoms with Crippen molar-refractivity contribution in [2.45, 2.75) is 39.7 Å². The van der Waals surface area contributed by atoms with Crippen LogP contribution in [0.5, 0.6) is 0 Å². The molecule has 5 heteroatoms. The van der Waals surface area contributed by atoms with Crippen molar-refractivity contribution < 1.29 is 4.79 Å². The molecule has 1 aromatic carbocycles. The summed E-state index contributed by atoms with van der Waals surface area (Å²) in [4.78, 5) is 14.6. The van der Waals surface area contributed by atoms with Crippen molar-refractivity contribution in [3.8, 4) is 0 Å². The Labute approximate surface area is 131 Å². The molecule has 116 valence electrons. The zero-order valence-electron chi connectivity index (χ0n) is 13.4. The highest BCUT2D eigenvalue weighted by Crippen LogP contribution is 2.24. The first-order valence-corrected chi connectivity index (χ1v) is 7.85. The Kier molecular flexibility index (Phi) is 3.96. The van der Waals surface area contributed by atoms with Crippen LogP contribution in [0.2, 0.25) is 0 Å². The van der Waals surface area contributed by atoms with E-state index in [1.165, 1.54) is 5.56 Å². The molecular weight excluding hydrogens is 276 g/mol. The number of nitrogens with zero attached hydrogens (tertiary/aromatic N) is 4. The summed E-state index contributed by atoms with van der Waals surface area (Å²) < 4.78 is 2.12. The van der Waals surface area contributed by atoms with Gasteiger partial charge in [-0.25, -0.2) is 0 Å². The summed E-state index contributed by atoms with van der Waals surface area (Å²) in [6, 6.07) is 6.22. The van der Waals surface area contributed by atoms with Crippen molar-refractivity contribution >= 4 is 5.91 Å². The summed E-state index contributed by atoms with van der Waals surface area (Å²) in [6.45, 7) is 7.71. The average molecular weight is 298 g/mol. The zero-order chi connectivity index (χ0) is 15.7. The van der Waals surface area contributed by atoms with Crippen LogP contribution < -0.4 is 0 Å². The maximum Gasteiger partial charge on any atom is 0.253 e. The zero-order valence-corrected chi connectivity index (χ0v) is 13.4. The molecule has 3 rings (SSSR count). The van der Waals surface area contributed by atoms with E-state index in [9.17, 15) is 4.79 Å². The minimum atomic E-state index is 0.122. The number of hydrogen-bond donors (Lipinski definition) is 0. The standard InChI is InChI=1S/C17H22N4O/c1-4-16-19-18-11-21(16)15-7-8-20(10-15)17(22)14-6-5-12(2)13(3)9-14/h5-6,9,11,15H,4,7-8,10H2,1-3H3. The lowest BCUT2D eigenvalue weighted by molar-refractivity contribution is 0.0787. The van der Waals surface area contributed by atoms with E-state index in [4.69, 9.17) is 0 Å². The molecule has 1 amide bonds. The maximum atomic E-state index is 12.7. The molecule has 2 aromatic rings. The third-order valence-electron chi connectivity index (χ3n) is 4.56. The Morgan fingerprint density at radius 3 is 2.86 bits per heavy atom. The van der Waals surface area contributed by atoms with Gasteiger partial charge in [-0.05, 0) is 43.5 Å². The number of hydrogen-bond acceptors (Lipinski definition) is 3. The van der Waals surface area contributed by atoms with Gasteiger partial charge in [-0.15, -0.1) is 10.2 Å². The minimum absolute atomic E-state index is 0.122.